The second-order valence-electron chi connectivity index (χ2n) is 5.04. The Kier molecular flexibility index (Phi) is 7.26. The zero-order chi connectivity index (χ0) is 17.6. The van der Waals surface area contributed by atoms with E-state index in [-0.39, 0.29) is 6.54 Å². The Morgan fingerprint density at radius 3 is 2.48 bits per heavy atom. The van der Waals surface area contributed by atoms with Crippen molar-refractivity contribution in [2.45, 2.75) is 26.7 Å². The van der Waals surface area contributed by atoms with Crippen LogP contribution in [-0.2, 0) is 10.0 Å². The highest BCUT2D eigenvalue weighted by molar-refractivity contribution is 14.1. The monoisotopic (exact) mass is 453 g/mol. The summed E-state index contributed by atoms with van der Waals surface area (Å²) in [5, 5.41) is 4.54. The quantitative estimate of drug-likeness (QED) is 0.671. The van der Waals surface area contributed by atoms with Crippen LogP contribution in [0.3, 0.4) is 0 Å². The van der Waals surface area contributed by atoms with Crippen molar-refractivity contribution in [3.8, 4) is 0 Å². The Bertz CT molecular complexity index is 691. The number of rotatable bonds is 5. The molecule has 4 amide bonds. The SMILES string of the molecule is CCCCN(C(=O)NC(=O)Nc1ccc(I)c(C)c1)S(C)(=O)=O. The maximum absolute atomic E-state index is 12.0. The predicted octanol–water partition coefficient (Wildman–Crippen LogP) is 2.90. The first-order valence-corrected chi connectivity index (χ1v) is 9.93. The Balaban J connectivity index is 2.73. The molecule has 1 rings (SSSR count). The van der Waals surface area contributed by atoms with Crippen LogP contribution in [0.25, 0.3) is 0 Å². The summed E-state index contributed by atoms with van der Waals surface area (Å²) in [5.74, 6) is 0. The molecule has 0 unspecified atom stereocenters. The maximum atomic E-state index is 12.0. The van der Waals surface area contributed by atoms with E-state index in [0.29, 0.717) is 16.4 Å². The molecule has 2 N–H and O–H groups in total. The van der Waals surface area contributed by atoms with Crippen molar-refractivity contribution >= 4 is 50.4 Å². The van der Waals surface area contributed by atoms with Crippen molar-refractivity contribution in [3.63, 3.8) is 0 Å². The number of hydrogen-bond acceptors (Lipinski definition) is 4. The standard InChI is InChI=1S/C14H20IN3O4S/c1-4-5-8-18(23(3,21)22)14(20)17-13(19)16-11-6-7-12(15)10(2)9-11/h6-7,9H,4-5,8H2,1-3H3,(H2,16,17,19,20). The molecule has 0 aliphatic carbocycles. The Morgan fingerprint density at radius 1 is 1.30 bits per heavy atom. The van der Waals surface area contributed by atoms with E-state index in [4.69, 9.17) is 0 Å². The molecule has 0 atom stereocenters. The number of anilines is 1. The largest absolute Gasteiger partial charge is 0.339 e. The van der Waals surface area contributed by atoms with E-state index in [1.165, 1.54) is 0 Å². The highest BCUT2D eigenvalue weighted by Crippen LogP contribution is 2.16. The number of imide groups is 1. The number of nitrogens with zero attached hydrogens (tertiary/aromatic N) is 1. The van der Waals surface area contributed by atoms with Gasteiger partial charge in [0.25, 0.3) is 0 Å². The summed E-state index contributed by atoms with van der Waals surface area (Å²) in [4.78, 5) is 23.8. The van der Waals surface area contributed by atoms with Crippen LogP contribution in [0.1, 0.15) is 25.3 Å². The van der Waals surface area contributed by atoms with Crippen LogP contribution >= 0.6 is 22.6 Å². The van der Waals surface area contributed by atoms with Gasteiger partial charge in [0, 0.05) is 15.8 Å². The number of amides is 4. The molecule has 0 aliphatic rings. The third-order valence-electron chi connectivity index (χ3n) is 2.98. The normalized spacial score (nSPS) is 11.0. The van der Waals surface area contributed by atoms with Gasteiger partial charge in [0.2, 0.25) is 10.0 Å². The topological polar surface area (TPSA) is 95.6 Å². The fraction of sp³-hybridized carbons (Fsp3) is 0.429. The van der Waals surface area contributed by atoms with Crippen LogP contribution < -0.4 is 10.6 Å². The molecule has 0 radical (unpaired) electrons. The second-order valence-corrected chi connectivity index (χ2v) is 8.11. The fourth-order valence-corrected chi connectivity index (χ4v) is 2.91. The van der Waals surface area contributed by atoms with Crippen molar-refractivity contribution in [1.29, 1.82) is 0 Å². The van der Waals surface area contributed by atoms with E-state index < -0.39 is 22.1 Å². The van der Waals surface area contributed by atoms with E-state index in [9.17, 15) is 18.0 Å². The second kappa shape index (κ2) is 8.48. The summed E-state index contributed by atoms with van der Waals surface area (Å²) < 4.78 is 25.0. The first-order valence-electron chi connectivity index (χ1n) is 7.01. The number of unbranched alkanes of at least 4 members (excludes halogenated alkanes) is 1. The first kappa shape index (κ1) is 19.7. The molecule has 1 aromatic carbocycles. The minimum Gasteiger partial charge on any atom is -0.308 e. The number of aryl methyl sites for hydroxylation is 1. The van der Waals surface area contributed by atoms with Crippen LogP contribution in [-0.4, -0.2) is 37.6 Å². The van der Waals surface area contributed by atoms with Gasteiger partial charge in [-0.1, -0.05) is 13.3 Å². The number of hydrogen-bond donors (Lipinski definition) is 2. The molecule has 0 bridgehead atoms. The average molecular weight is 453 g/mol. The molecule has 0 aliphatic heterocycles. The Labute approximate surface area is 150 Å². The van der Waals surface area contributed by atoms with Crippen molar-refractivity contribution in [2.24, 2.45) is 0 Å². The maximum Gasteiger partial charge on any atom is 0.339 e. The van der Waals surface area contributed by atoms with Crippen molar-refractivity contribution in [3.05, 3.63) is 27.3 Å². The van der Waals surface area contributed by atoms with Crippen LogP contribution in [0.15, 0.2) is 18.2 Å². The van der Waals surface area contributed by atoms with Gasteiger partial charge >= 0.3 is 12.1 Å². The lowest BCUT2D eigenvalue weighted by atomic mass is 10.2. The van der Waals surface area contributed by atoms with Crippen LogP contribution in [0.5, 0.6) is 0 Å². The molecular weight excluding hydrogens is 433 g/mol. The molecule has 0 aromatic heterocycles. The third-order valence-corrected chi connectivity index (χ3v) is 5.34. The van der Waals surface area contributed by atoms with Gasteiger partial charge in [0.05, 0.1) is 6.26 Å². The van der Waals surface area contributed by atoms with Gasteiger partial charge in [0.15, 0.2) is 0 Å². The highest BCUT2D eigenvalue weighted by Gasteiger charge is 2.24. The molecule has 0 fully saturated rings. The molecule has 0 spiro atoms. The van der Waals surface area contributed by atoms with Crippen molar-refractivity contribution < 1.29 is 18.0 Å². The van der Waals surface area contributed by atoms with Crippen LogP contribution in [0.2, 0.25) is 0 Å². The number of nitrogens with one attached hydrogen (secondary N) is 2. The molecule has 128 valence electrons. The number of halogens is 1. The zero-order valence-corrected chi connectivity index (χ0v) is 16.2. The van der Waals surface area contributed by atoms with Gasteiger partial charge in [-0.3, -0.25) is 5.32 Å². The number of sulfonamides is 1. The lowest BCUT2D eigenvalue weighted by Gasteiger charge is -2.20. The van der Waals surface area contributed by atoms with Gasteiger partial charge in [-0.05, 0) is 59.7 Å². The summed E-state index contributed by atoms with van der Waals surface area (Å²) >= 11 is 2.17. The molecule has 0 saturated heterocycles. The first-order chi connectivity index (χ1) is 10.6. The average Bonchev–Trinajstić information content (AvgIpc) is 2.41. The summed E-state index contributed by atoms with van der Waals surface area (Å²) in [7, 11) is -3.73. The van der Waals surface area contributed by atoms with Gasteiger partial charge in [0.1, 0.15) is 0 Å². The summed E-state index contributed by atoms with van der Waals surface area (Å²) in [6, 6.07) is 3.56. The smallest absolute Gasteiger partial charge is 0.308 e. The molecule has 7 nitrogen and oxygen atoms in total. The molecule has 0 heterocycles. The van der Waals surface area contributed by atoms with Gasteiger partial charge in [-0.2, -0.15) is 0 Å². The summed E-state index contributed by atoms with van der Waals surface area (Å²) in [6.45, 7) is 3.81. The lowest BCUT2D eigenvalue weighted by molar-refractivity contribution is 0.219. The molecule has 1 aromatic rings. The molecule has 9 heteroatoms. The fourth-order valence-electron chi connectivity index (χ4n) is 1.76. The number of benzene rings is 1. The van der Waals surface area contributed by atoms with Crippen molar-refractivity contribution in [2.75, 3.05) is 18.1 Å². The highest BCUT2D eigenvalue weighted by atomic mass is 127. The van der Waals surface area contributed by atoms with E-state index in [2.05, 4.69) is 27.9 Å². The van der Waals surface area contributed by atoms with Gasteiger partial charge in [-0.15, -0.1) is 0 Å². The third kappa shape index (κ3) is 6.34. The zero-order valence-electron chi connectivity index (χ0n) is 13.2. The van der Waals surface area contributed by atoms with Gasteiger partial charge < -0.3 is 5.32 Å². The number of urea groups is 2. The van der Waals surface area contributed by atoms with E-state index in [0.717, 1.165) is 21.8 Å². The summed E-state index contributed by atoms with van der Waals surface area (Å²) in [6.07, 6.45) is 2.19. The Morgan fingerprint density at radius 2 is 1.96 bits per heavy atom. The number of carbonyl (C=O) groups excluding carboxylic acids is 2. The number of carbonyl (C=O) groups is 2. The van der Waals surface area contributed by atoms with E-state index in [1.54, 1.807) is 12.1 Å². The molecule has 0 saturated carbocycles. The Hall–Kier alpha value is -1.36. The van der Waals surface area contributed by atoms with E-state index >= 15 is 0 Å². The van der Waals surface area contributed by atoms with Gasteiger partial charge in [-0.25, -0.2) is 22.3 Å². The minimum absolute atomic E-state index is 0.0388. The predicted molar refractivity (Wildman–Crippen MR) is 97.9 cm³/mol. The summed E-state index contributed by atoms with van der Waals surface area (Å²) in [5.41, 5.74) is 1.50. The lowest BCUT2D eigenvalue weighted by Crippen LogP contribution is -2.47. The molecule has 23 heavy (non-hydrogen) atoms. The van der Waals surface area contributed by atoms with Crippen LogP contribution in [0, 0.1) is 10.5 Å². The van der Waals surface area contributed by atoms with E-state index in [1.807, 2.05) is 25.2 Å². The van der Waals surface area contributed by atoms with Crippen LogP contribution in [0.4, 0.5) is 15.3 Å². The minimum atomic E-state index is -3.73. The molecular formula is C14H20IN3O4S. The van der Waals surface area contributed by atoms with Crippen molar-refractivity contribution in [1.82, 2.24) is 9.62 Å².